The summed E-state index contributed by atoms with van der Waals surface area (Å²) in [7, 11) is 1.42. The lowest BCUT2D eigenvalue weighted by Gasteiger charge is -2.12. The fourth-order valence-corrected chi connectivity index (χ4v) is 2.91. The zero-order chi connectivity index (χ0) is 13.2. The number of methoxy groups -OCH3 is 1. The molecule has 3 rings (SSSR count). The minimum atomic E-state index is -0.280. The summed E-state index contributed by atoms with van der Waals surface area (Å²) in [6.45, 7) is 0. The monoisotopic (exact) mass is 255 g/mol. The van der Waals surface area contributed by atoms with Crippen molar-refractivity contribution in [1.29, 1.82) is 0 Å². The van der Waals surface area contributed by atoms with E-state index in [9.17, 15) is 4.79 Å². The fraction of sp³-hybridized carbons (Fsp3) is 0.375. The third-order valence-corrected chi connectivity index (χ3v) is 3.91. The van der Waals surface area contributed by atoms with E-state index in [1.807, 2.05) is 30.3 Å². The molecule has 0 radical (unpaired) electrons. The highest BCUT2D eigenvalue weighted by atomic mass is 16.5. The molecule has 0 saturated heterocycles. The largest absolute Gasteiger partial charge is 0.465 e. The van der Waals surface area contributed by atoms with Crippen LogP contribution in [-0.2, 0) is 4.74 Å². The first kappa shape index (κ1) is 12.2. The number of hydrogen-bond acceptors (Lipinski definition) is 3. The van der Waals surface area contributed by atoms with Gasteiger partial charge in [-0.1, -0.05) is 31.0 Å². The SMILES string of the molecule is COC(=O)c1cc(C2CCCC2)nc2ccccc12. The maximum Gasteiger partial charge on any atom is 0.338 e. The summed E-state index contributed by atoms with van der Waals surface area (Å²) >= 11 is 0. The summed E-state index contributed by atoms with van der Waals surface area (Å²) < 4.78 is 4.90. The van der Waals surface area contributed by atoms with Gasteiger partial charge in [0.05, 0.1) is 18.2 Å². The molecule has 1 fully saturated rings. The van der Waals surface area contributed by atoms with Crippen LogP contribution in [0.15, 0.2) is 30.3 Å². The number of carbonyl (C=O) groups excluding carboxylic acids is 1. The van der Waals surface area contributed by atoms with Crippen molar-refractivity contribution in [3.63, 3.8) is 0 Å². The Labute approximate surface area is 112 Å². The van der Waals surface area contributed by atoms with E-state index in [2.05, 4.69) is 0 Å². The van der Waals surface area contributed by atoms with E-state index in [-0.39, 0.29) is 5.97 Å². The molecule has 0 spiro atoms. The van der Waals surface area contributed by atoms with Crippen LogP contribution >= 0.6 is 0 Å². The van der Waals surface area contributed by atoms with Crippen LogP contribution in [0, 0.1) is 0 Å². The third kappa shape index (κ3) is 2.21. The lowest BCUT2D eigenvalue weighted by Crippen LogP contribution is -2.06. The van der Waals surface area contributed by atoms with Crippen molar-refractivity contribution < 1.29 is 9.53 Å². The minimum Gasteiger partial charge on any atom is -0.465 e. The maximum absolute atomic E-state index is 11.9. The van der Waals surface area contributed by atoms with Gasteiger partial charge in [-0.3, -0.25) is 4.98 Å². The number of fused-ring (bicyclic) bond motifs is 1. The van der Waals surface area contributed by atoms with Crippen molar-refractivity contribution in [1.82, 2.24) is 4.98 Å². The zero-order valence-corrected chi connectivity index (χ0v) is 11.1. The molecular formula is C16H17NO2. The average molecular weight is 255 g/mol. The van der Waals surface area contributed by atoms with E-state index in [0.29, 0.717) is 11.5 Å². The molecule has 1 heterocycles. The summed E-state index contributed by atoms with van der Waals surface area (Å²) in [5.74, 6) is 0.214. The lowest BCUT2D eigenvalue weighted by molar-refractivity contribution is 0.0602. The maximum atomic E-state index is 11.9. The number of benzene rings is 1. The molecule has 3 heteroatoms. The standard InChI is InChI=1S/C16H17NO2/c1-19-16(18)13-10-15(11-6-2-3-7-11)17-14-9-5-4-8-12(13)14/h4-5,8-11H,2-3,6-7H2,1H3. The Bertz CT molecular complexity index is 615. The number of aromatic nitrogens is 1. The third-order valence-electron chi connectivity index (χ3n) is 3.91. The van der Waals surface area contributed by atoms with Crippen LogP contribution in [0.5, 0.6) is 0 Å². The molecule has 0 aliphatic heterocycles. The van der Waals surface area contributed by atoms with Gasteiger partial charge in [-0.2, -0.15) is 0 Å². The number of carbonyl (C=O) groups is 1. The molecule has 1 aromatic heterocycles. The number of nitrogens with zero attached hydrogens (tertiary/aromatic N) is 1. The lowest BCUT2D eigenvalue weighted by atomic mass is 9.99. The second-order valence-electron chi connectivity index (χ2n) is 5.08. The molecule has 0 unspecified atom stereocenters. The molecule has 3 nitrogen and oxygen atoms in total. The van der Waals surface area contributed by atoms with Crippen LogP contribution in [-0.4, -0.2) is 18.1 Å². The molecule has 1 aliphatic carbocycles. The van der Waals surface area contributed by atoms with Gasteiger partial charge in [0.1, 0.15) is 0 Å². The van der Waals surface area contributed by atoms with Crippen LogP contribution in [0.3, 0.4) is 0 Å². The summed E-state index contributed by atoms with van der Waals surface area (Å²) in [5, 5.41) is 0.871. The molecule has 0 atom stereocenters. The molecule has 1 saturated carbocycles. The number of esters is 1. The number of para-hydroxylation sites is 1. The van der Waals surface area contributed by atoms with Crippen molar-refractivity contribution in [3.8, 4) is 0 Å². The van der Waals surface area contributed by atoms with E-state index in [1.165, 1.54) is 32.8 Å². The average Bonchev–Trinajstić information content (AvgIpc) is 2.99. The minimum absolute atomic E-state index is 0.280. The molecule has 1 aromatic carbocycles. The van der Waals surface area contributed by atoms with Crippen molar-refractivity contribution in [2.45, 2.75) is 31.6 Å². The molecule has 98 valence electrons. The Morgan fingerprint density at radius 3 is 2.74 bits per heavy atom. The van der Waals surface area contributed by atoms with Crippen LogP contribution < -0.4 is 0 Å². The molecule has 19 heavy (non-hydrogen) atoms. The van der Waals surface area contributed by atoms with Gasteiger partial charge < -0.3 is 4.74 Å². The van der Waals surface area contributed by atoms with Crippen LogP contribution in [0.2, 0.25) is 0 Å². The molecule has 0 amide bonds. The predicted octanol–water partition coefficient (Wildman–Crippen LogP) is 3.68. The highest BCUT2D eigenvalue weighted by molar-refractivity contribution is 6.03. The highest BCUT2D eigenvalue weighted by Gasteiger charge is 2.21. The second-order valence-corrected chi connectivity index (χ2v) is 5.08. The van der Waals surface area contributed by atoms with E-state index >= 15 is 0 Å². The van der Waals surface area contributed by atoms with Gasteiger partial charge in [0.2, 0.25) is 0 Å². The van der Waals surface area contributed by atoms with Crippen LogP contribution in [0.25, 0.3) is 10.9 Å². The number of ether oxygens (including phenoxy) is 1. The van der Waals surface area contributed by atoms with E-state index in [0.717, 1.165) is 16.6 Å². The second kappa shape index (κ2) is 5.00. The Kier molecular flexibility index (Phi) is 3.20. The van der Waals surface area contributed by atoms with Gasteiger partial charge in [-0.25, -0.2) is 4.79 Å². The summed E-state index contributed by atoms with van der Waals surface area (Å²) in [4.78, 5) is 16.7. The summed E-state index contributed by atoms with van der Waals surface area (Å²) in [5.41, 5.74) is 2.55. The Balaban J connectivity index is 2.17. The van der Waals surface area contributed by atoms with Gasteiger partial charge in [-0.15, -0.1) is 0 Å². The van der Waals surface area contributed by atoms with Crippen LogP contribution in [0.4, 0.5) is 0 Å². The van der Waals surface area contributed by atoms with Crippen molar-refractivity contribution in [3.05, 3.63) is 41.6 Å². The van der Waals surface area contributed by atoms with Gasteiger partial charge in [-0.05, 0) is 25.0 Å². The Morgan fingerprint density at radius 1 is 1.26 bits per heavy atom. The quantitative estimate of drug-likeness (QED) is 0.768. The smallest absolute Gasteiger partial charge is 0.338 e. The van der Waals surface area contributed by atoms with Gasteiger partial charge in [0.25, 0.3) is 0 Å². The normalized spacial score (nSPS) is 15.8. The van der Waals surface area contributed by atoms with E-state index < -0.39 is 0 Å². The van der Waals surface area contributed by atoms with Gasteiger partial charge >= 0.3 is 5.97 Å². The zero-order valence-electron chi connectivity index (χ0n) is 11.1. The number of rotatable bonds is 2. The van der Waals surface area contributed by atoms with Crippen molar-refractivity contribution in [2.75, 3.05) is 7.11 Å². The van der Waals surface area contributed by atoms with Crippen molar-refractivity contribution >= 4 is 16.9 Å². The topological polar surface area (TPSA) is 39.2 Å². The first-order valence-corrected chi connectivity index (χ1v) is 6.77. The first-order chi connectivity index (χ1) is 9.29. The molecule has 0 N–H and O–H groups in total. The van der Waals surface area contributed by atoms with Gasteiger partial charge in [0, 0.05) is 17.0 Å². The summed E-state index contributed by atoms with van der Waals surface area (Å²) in [6.07, 6.45) is 4.86. The van der Waals surface area contributed by atoms with E-state index in [1.54, 1.807) is 0 Å². The predicted molar refractivity (Wildman–Crippen MR) is 74.3 cm³/mol. The highest BCUT2D eigenvalue weighted by Crippen LogP contribution is 2.34. The summed E-state index contributed by atoms with van der Waals surface area (Å²) in [6, 6.07) is 9.68. The number of pyridine rings is 1. The van der Waals surface area contributed by atoms with Crippen LogP contribution in [0.1, 0.15) is 47.7 Å². The molecule has 0 bridgehead atoms. The molecule has 2 aromatic rings. The Hall–Kier alpha value is -1.90. The van der Waals surface area contributed by atoms with Crippen molar-refractivity contribution in [2.24, 2.45) is 0 Å². The Morgan fingerprint density at radius 2 is 2.00 bits per heavy atom. The van der Waals surface area contributed by atoms with E-state index in [4.69, 9.17) is 9.72 Å². The molecule has 1 aliphatic rings. The fourth-order valence-electron chi connectivity index (χ4n) is 2.91. The van der Waals surface area contributed by atoms with Gasteiger partial charge in [0.15, 0.2) is 0 Å². The first-order valence-electron chi connectivity index (χ1n) is 6.77. The number of hydrogen-bond donors (Lipinski definition) is 0. The molecular weight excluding hydrogens is 238 g/mol.